The molecule has 0 aliphatic carbocycles. The third-order valence-corrected chi connectivity index (χ3v) is 2.15. The first kappa shape index (κ1) is 13.9. The van der Waals surface area contributed by atoms with E-state index < -0.39 is 0 Å². The van der Waals surface area contributed by atoms with Gasteiger partial charge in [0.1, 0.15) is 0 Å². The molecule has 15 heavy (non-hydrogen) atoms. The number of carbonyl (C=O) groups is 1. The molecule has 0 aromatic rings. The molecule has 0 aromatic heterocycles. The molecule has 0 aromatic carbocycles. The molecule has 0 aliphatic heterocycles. The van der Waals surface area contributed by atoms with E-state index in [0.717, 1.165) is 6.42 Å². The maximum atomic E-state index is 10.9. The SMILES string of the molecule is C/C=C/C=C/C(C)(C)CCOC(=O)CC. The van der Waals surface area contributed by atoms with Crippen LogP contribution < -0.4 is 0 Å². The van der Waals surface area contributed by atoms with Crippen molar-refractivity contribution in [3.8, 4) is 0 Å². The van der Waals surface area contributed by atoms with E-state index in [9.17, 15) is 4.79 Å². The lowest BCUT2D eigenvalue weighted by Crippen LogP contribution is -2.13. The van der Waals surface area contributed by atoms with Gasteiger partial charge in [-0.25, -0.2) is 0 Å². The Morgan fingerprint density at radius 1 is 1.33 bits per heavy atom. The maximum Gasteiger partial charge on any atom is 0.305 e. The lowest BCUT2D eigenvalue weighted by atomic mass is 9.89. The van der Waals surface area contributed by atoms with Crippen molar-refractivity contribution in [1.29, 1.82) is 0 Å². The molecule has 0 fully saturated rings. The highest BCUT2D eigenvalue weighted by molar-refractivity contribution is 5.68. The minimum absolute atomic E-state index is 0.0769. The summed E-state index contributed by atoms with van der Waals surface area (Å²) < 4.78 is 5.04. The molecule has 0 spiro atoms. The van der Waals surface area contributed by atoms with E-state index in [1.165, 1.54) is 0 Å². The van der Waals surface area contributed by atoms with Gasteiger partial charge in [0, 0.05) is 6.42 Å². The van der Waals surface area contributed by atoms with Crippen LogP contribution in [-0.2, 0) is 9.53 Å². The van der Waals surface area contributed by atoms with Crippen molar-refractivity contribution in [2.45, 2.75) is 40.5 Å². The molecular weight excluding hydrogens is 188 g/mol. The van der Waals surface area contributed by atoms with Gasteiger partial charge >= 0.3 is 5.97 Å². The largest absolute Gasteiger partial charge is 0.466 e. The summed E-state index contributed by atoms with van der Waals surface area (Å²) in [6.07, 6.45) is 9.46. The van der Waals surface area contributed by atoms with Crippen LogP contribution >= 0.6 is 0 Å². The van der Waals surface area contributed by atoms with Crippen molar-refractivity contribution < 1.29 is 9.53 Å². The zero-order valence-electron chi connectivity index (χ0n) is 10.2. The second kappa shape index (κ2) is 7.27. The van der Waals surface area contributed by atoms with E-state index >= 15 is 0 Å². The van der Waals surface area contributed by atoms with Crippen LogP contribution in [0.25, 0.3) is 0 Å². The van der Waals surface area contributed by atoms with Crippen LogP contribution in [0.3, 0.4) is 0 Å². The van der Waals surface area contributed by atoms with Crippen LogP contribution in [-0.4, -0.2) is 12.6 Å². The summed E-state index contributed by atoms with van der Waals surface area (Å²) in [7, 11) is 0. The summed E-state index contributed by atoms with van der Waals surface area (Å²) in [5.41, 5.74) is 0.0769. The predicted molar refractivity (Wildman–Crippen MR) is 63.6 cm³/mol. The highest BCUT2D eigenvalue weighted by Crippen LogP contribution is 2.22. The summed E-state index contributed by atoms with van der Waals surface area (Å²) in [6, 6.07) is 0. The average molecular weight is 210 g/mol. The molecule has 0 saturated heterocycles. The van der Waals surface area contributed by atoms with E-state index in [4.69, 9.17) is 4.74 Å². The Morgan fingerprint density at radius 2 is 2.00 bits per heavy atom. The Bertz CT molecular complexity index is 237. The Kier molecular flexibility index (Phi) is 6.76. The molecular formula is C13H22O2. The van der Waals surface area contributed by atoms with Gasteiger partial charge < -0.3 is 4.74 Å². The van der Waals surface area contributed by atoms with Gasteiger partial charge in [-0.3, -0.25) is 4.79 Å². The van der Waals surface area contributed by atoms with Gasteiger partial charge in [-0.05, 0) is 18.8 Å². The van der Waals surface area contributed by atoms with Gasteiger partial charge in [0.25, 0.3) is 0 Å². The molecule has 0 N–H and O–H groups in total. The third-order valence-electron chi connectivity index (χ3n) is 2.15. The second-order valence-corrected chi connectivity index (χ2v) is 4.20. The number of ether oxygens (including phenoxy) is 1. The van der Waals surface area contributed by atoms with Gasteiger partial charge in [0.2, 0.25) is 0 Å². The van der Waals surface area contributed by atoms with Crippen LogP contribution in [0.1, 0.15) is 40.5 Å². The Hall–Kier alpha value is -1.05. The molecule has 2 heteroatoms. The molecule has 0 bridgehead atoms. The normalized spacial score (nSPS) is 12.5. The van der Waals surface area contributed by atoms with Crippen molar-refractivity contribution in [2.24, 2.45) is 5.41 Å². The van der Waals surface area contributed by atoms with E-state index in [0.29, 0.717) is 13.0 Å². The number of esters is 1. The topological polar surface area (TPSA) is 26.3 Å². The van der Waals surface area contributed by atoms with E-state index in [2.05, 4.69) is 19.9 Å². The summed E-state index contributed by atoms with van der Waals surface area (Å²) in [5, 5.41) is 0. The van der Waals surface area contributed by atoms with Crippen molar-refractivity contribution in [2.75, 3.05) is 6.61 Å². The van der Waals surface area contributed by atoms with Crippen LogP contribution in [0.2, 0.25) is 0 Å². The van der Waals surface area contributed by atoms with Crippen molar-refractivity contribution in [1.82, 2.24) is 0 Å². The third kappa shape index (κ3) is 7.98. The summed E-state index contributed by atoms with van der Waals surface area (Å²) >= 11 is 0. The van der Waals surface area contributed by atoms with Crippen LogP contribution in [0, 0.1) is 5.41 Å². The number of hydrogen-bond acceptors (Lipinski definition) is 2. The first-order valence-electron chi connectivity index (χ1n) is 5.48. The zero-order chi connectivity index (χ0) is 11.7. The van der Waals surface area contributed by atoms with Crippen LogP contribution in [0.15, 0.2) is 24.3 Å². The first-order chi connectivity index (χ1) is 7.02. The number of allylic oxidation sites excluding steroid dienone is 4. The Morgan fingerprint density at radius 3 is 2.53 bits per heavy atom. The lowest BCUT2D eigenvalue weighted by molar-refractivity contribution is -0.143. The van der Waals surface area contributed by atoms with Gasteiger partial charge in [0.05, 0.1) is 6.61 Å². The highest BCUT2D eigenvalue weighted by Gasteiger charge is 2.13. The number of rotatable bonds is 6. The van der Waals surface area contributed by atoms with Crippen LogP contribution in [0.5, 0.6) is 0 Å². The molecule has 0 aliphatic rings. The number of hydrogen-bond donors (Lipinski definition) is 0. The Labute approximate surface area is 93.0 Å². The fraction of sp³-hybridized carbons (Fsp3) is 0.615. The summed E-state index contributed by atoms with van der Waals surface area (Å²) in [6.45, 7) is 8.55. The second-order valence-electron chi connectivity index (χ2n) is 4.20. The summed E-state index contributed by atoms with van der Waals surface area (Å²) in [4.78, 5) is 10.9. The quantitative estimate of drug-likeness (QED) is 0.495. The molecule has 2 nitrogen and oxygen atoms in total. The fourth-order valence-electron chi connectivity index (χ4n) is 1.04. The molecule has 0 saturated carbocycles. The molecule has 86 valence electrons. The van der Waals surface area contributed by atoms with E-state index in [1.807, 2.05) is 25.2 Å². The highest BCUT2D eigenvalue weighted by atomic mass is 16.5. The van der Waals surface area contributed by atoms with E-state index in [1.54, 1.807) is 6.92 Å². The smallest absolute Gasteiger partial charge is 0.305 e. The van der Waals surface area contributed by atoms with Crippen molar-refractivity contribution in [3.63, 3.8) is 0 Å². The monoisotopic (exact) mass is 210 g/mol. The lowest BCUT2D eigenvalue weighted by Gasteiger charge is -2.19. The van der Waals surface area contributed by atoms with Crippen LogP contribution in [0.4, 0.5) is 0 Å². The fourth-order valence-corrected chi connectivity index (χ4v) is 1.04. The number of carbonyl (C=O) groups excluding carboxylic acids is 1. The minimum Gasteiger partial charge on any atom is -0.466 e. The molecule has 0 radical (unpaired) electrons. The molecule has 0 unspecified atom stereocenters. The van der Waals surface area contributed by atoms with Crippen molar-refractivity contribution in [3.05, 3.63) is 24.3 Å². The molecule has 0 amide bonds. The summed E-state index contributed by atoms with van der Waals surface area (Å²) in [5.74, 6) is -0.122. The first-order valence-corrected chi connectivity index (χ1v) is 5.48. The molecule has 0 atom stereocenters. The van der Waals surface area contributed by atoms with Gasteiger partial charge in [0.15, 0.2) is 0 Å². The average Bonchev–Trinajstić information content (AvgIpc) is 2.17. The standard InChI is InChI=1S/C13H22O2/c1-5-7-8-9-13(3,4)10-11-15-12(14)6-2/h5,7-9H,6,10-11H2,1-4H3/b7-5+,9-8+. The van der Waals surface area contributed by atoms with Gasteiger partial charge in [-0.15, -0.1) is 0 Å². The molecule has 0 rings (SSSR count). The van der Waals surface area contributed by atoms with Gasteiger partial charge in [-0.1, -0.05) is 45.1 Å². The van der Waals surface area contributed by atoms with Gasteiger partial charge in [-0.2, -0.15) is 0 Å². The maximum absolute atomic E-state index is 10.9. The molecule has 0 heterocycles. The minimum atomic E-state index is -0.122. The predicted octanol–water partition coefficient (Wildman–Crippen LogP) is 3.49. The zero-order valence-corrected chi connectivity index (χ0v) is 10.2. The van der Waals surface area contributed by atoms with E-state index in [-0.39, 0.29) is 11.4 Å². The van der Waals surface area contributed by atoms with Crippen molar-refractivity contribution >= 4 is 5.97 Å². The Balaban J connectivity index is 3.88.